The van der Waals surface area contributed by atoms with Crippen LogP contribution in [0.3, 0.4) is 0 Å². The van der Waals surface area contributed by atoms with Crippen molar-refractivity contribution in [2.45, 2.75) is 51.5 Å². The van der Waals surface area contributed by atoms with Gasteiger partial charge in [-0.3, -0.25) is 4.79 Å². The topological polar surface area (TPSA) is 20.3 Å². The van der Waals surface area contributed by atoms with E-state index < -0.39 is 0 Å². The van der Waals surface area contributed by atoms with Gasteiger partial charge in [0.1, 0.15) is 0 Å². The molecular formula is C18H24ClNOS. The molecule has 0 aromatic carbocycles. The summed E-state index contributed by atoms with van der Waals surface area (Å²) in [6.07, 6.45) is 9.02. The van der Waals surface area contributed by atoms with Gasteiger partial charge in [-0.1, -0.05) is 11.6 Å². The highest BCUT2D eigenvalue weighted by molar-refractivity contribution is 7.16. The highest BCUT2D eigenvalue weighted by atomic mass is 35.5. The van der Waals surface area contributed by atoms with Crippen molar-refractivity contribution in [3.8, 4) is 0 Å². The Labute approximate surface area is 141 Å². The Hall–Kier alpha value is -0.540. The second-order valence-electron chi connectivity index (χ2n) is 8.05. The molecule has 0 atom stereocenters. The molecule has 120 valence electrons. The lowest BCUT2D eigenvalue weighted by atomic mass is 9.49. The summed E-state index contributed by atoms with van der Waals surface area (Å²) in [7, 11) is 1.94. The van der Waals surface area contributed by atoms with Gasteiger partial charge in [-0.15, -0.1) is 11.3 Å². The summed E-state index contributed by atoms with van der Waals surface area (Å²) in [5.41, 5.74) is 0.340. The zero-order chi connectivity index (χ0) is 15.3. The summed E-state index contributed by atoms with van der Waals surface area (Å²) in [6, 6.07) is 3.94. The van der Waals surface area contributed by atoms with Gasteiger partial charge in [-0.05, 0) is 73.8 Å². The fraction of sp³-hybridized carbons (Fsp3) is 0.722. The van der Waals surface area contributed by atoms with E-state index in [-0.39, 0.29) is 0 Å². The third-order valence-corrected chi connectivity index (χ3v) is 7.35. The normalized spacial score (nSPS) is 35.8. The predicted molar refractivity (Wildman–Crippen MR) is 91.0 cm³/mol. The van der Waals surface area contributed by atoms with Gasteiger partial charge in [0.25, 0.3) is 0 Å². The lowest BCUT2D eigenvalue weighted by molar-refractivity contribution is -0.138. The van der Waals surface area contributed by atoms with Crippen molar-refractivity contribution in [1.29, 1.82) is 0 Å². The molecule has 5 rings (SSSR count). The summed E-state index contributed by atoms with van der Waals surface area (Å²) in [5.74, 6) is 3.08. The van der Waals surface area contributed by atoms with E-state index in [1.807, 2.05) is 24.1 Å². The van der Waals surface area contributed by atoms with Crippen LogP contribution in [0, 0.1) is 23.2 Å². The second kappa shape index (κ2) is 5.52. The van der Waals surface area contributed by atoms with E-state index in [1.54, 1.807) is 11.3 Å². The number of thiophene rings is 1. The minimum atomic E-state index is 0.325. The van der Waals surface area contributed by atoms with Crippen molar-refractivity contribution in [2.24, 2.45) is 23.2 Å². The van der Waals surface area contributed by atoms with Crippen LogP contribution >= 0.6 is 22.9 Å². The average molecular weight is 338 g/mol. The number of hydrogen-bond donors (Lipinski definition) is 0. The third-order valence-electron chi connectivity index (χ3n) is 6.14. The van der Waals surface area contributed by atoms with Crippen molar-refractivity contribution >= 4 is 28.8 Å². The van der Waals surface area contributed by atoms with Gasteiger partial charge < -0.3 is 4.90 Å². The standard InChI is InChI=1S/C18H24ClNOS/c1-20(11-15-2-3-16(19)22-15)17(21)10-18-7-12-4-13(8-18)6-14(5-12)9-18/h2-3,12-14H,4-11H2,1H3. The summed E-state index contributed by atoms with van der Waals surface area (Å²) in [4.78, 5) is 15.8. The molecule has 22 heavy (non-hydrogen) atoms. The molecule has 4 aliphatic rings. The van der Waals surface area contributed by atoms with Crippen LogP contribution in [0.2, 0.25) is 4.34 Å². The fourth-order valence-electron chi connectivity index (χ4n) is 5.72. The van der Waals surface area contributed by atoms with Crippen LogP contribution in [0.1, 0.15) is 49.8 Å². The minimum Gasteiger partial charge on any atom is -0.341 e. The van der Waals surface area contributed by atoms with E-state index in [4.69, 9.17) is 11.6 Å². The fourth-order valence-corrected chi connectivity index (χ4v) is 6.86. The van der Waals surface area contributed by atoms with E-state index in [0.29, 0.717) is 17.9 Å². The zero-order valence-electron chi connectivity index (χ0n) is 13.2. The largest absolute Gasteiger partial charge is 0.341 e. The maximum atomic E-state index is 12.7. The molecule has 2 nitrogen and oxygen atoms in total. The number of rotatable bonds is 4. The molecule has 0 N–H and O–H groups in total. The van der Waals surface area contributed by atoms with Gasteiger partial charge in [-0.2, -0.15) is 0 Å². The first kappa shape index (κ1) is 15.0. The van der Waals surface area contributed by atoms with E-state index in [2.05, 4.69) is 0 Å². The second-order valence-corrected chi connectivity index (χ2v) is 9.85. The Bertz CT molecular complexity index is 546. The molecule has 1 heterocycles. The molecule has 0 aliphatic heterocycles. The summed E-state index contributed by atoms with van der Waals surface area (Å²) in [5, 5.41) is 0. The number of carbonyl (C=O) groups excluding carboxylic acids is 1. The minimum absolute atomic E-state index is 0.325. The van der Waals surface area contributed by atoms with Crippen LogP contribution < -0.4 is 0 Å². The maximum Gasteiger partial charge on any atom is 0.223 e. The van der Waals surface area contributed by atoms with Gasteiger partial charge in [0.2, 0.25) is 5.91 Å². The molecule has 4 bridgehead atoms. The quantitative estimate of drug-likeness (QED) is 0.759. The maximum absolute atomic E-state index is 12.7. The summed E-state index contributed by atoms with van der Waals surface area (Å²) < 4.78 is 0.803. The van der Waals surface area contributed by atoms with Gasteiger partial charge >= 0.3 is 0 Å². The molecule has 1 aromatic rings. The first-order valence-electron chi connectivity index (χ1n) is 8.49. The first-order valence-corrected chi connectivity index (χ1v) is 9.69. The molecule has 0 unspecified atom stereocenters. The number of halogens is 1. The SMILES string of the molecule is CN(Cc1ccc(Cl)s1)C(=O)CC12CC3CC(CC(C3)C1)C2. The van der Waals surface area contributed by atoms with Gasteiger partial charge in [0, 0.05) is 18.3 Å². The zero-order valence-corrected chi connectivity index (χ0v) is 14.8. The molecule has 4 heteroatoms. The molecule has 1 amide bonds. The lowest BCUT2D eigenvalue weighted by Crippen LogP contribution is -2.48. The Morgan fingerprint density at radius 2 is 1.82 bits per heavy atom. The smallest absolute Gasteiger partial charge is 0.223 e. The molecule has 1 aromatic heterocycles. The highest BCUT2D eigenvalue weighted by Gasteiger charge is 2.51. The summed E-state index contributed by atoms with van der Waals surface area (Å²) in [6.45, 7) is 0.697. The van der Waals surface area contributed by atoms with Crippen molar-refractivity contribution in [3.05, 3.63) is 21.3 Å². The number of nitrogens with zero attached hydrogens (tertiary/aromatic N) is 1. The van der Waals surface area contributed by atoms with E-state index in [9.17, 15) is 4.79 Å². The number of hydrogen-bond acceptors (Lipinski definition) is 2. The average Bonchev–Trinajstić information content (AvgIpc) is 2.81. The monoisotopic (exact) mass is 337 g/mol. The number of carbonyl (C=O) groups is 1. The van der Waals surface area contributed by atoms with Crippen molar-refractivity contribution in [2.75, 3.05) is 7.05 Å². The van der Waals surface area contributed by atoms with Crippen LogP contribution in [0.4, 0.5) is 0 Å². The van der Waals surface area contributed by atoms with Crippen LogP contribution in [0.25, 0.3) is 0 Å². The van der Waals surface area contributed by atoms with E-state index in [0.717, 1.165) is 28.5 Å². The Balaban J connectivity index is 1.41. The molecular weight excluding hydrogens is 314 g/mol. The number of amides is 1. The first-order chi connectivity index (χ1) is 10.5. The molecule has 0 saturated heterocycles. The Morgan fingerprint density at radius 3 is 2.32 bits per heavy atom. The molecule has 4 saturated carbocycles. The van der Waals surface area contributed by atoms with Crippen molar-refractivity contribution < 1.29 is 4.79 Å². The van der Waals surface area contributed by atoms with Gasteiger partial charge in [0.15, 0.2) is 0 Å². The van der Waals surface area contributed by atoms with Crippen LogP contribution in [0.5, 0.6) is 0 Å². The Kier molecular flexibility index (Phi) is 3.77. The molecule has 4 fully saturated rings. The van der Waals surface area contributed by atoms with Gasteiger partial charge in [0.05, 0.1) is 10.9 Å². The molecule has 0 radical (unpaired) electrons. The predicted octanol–water partition coefficient (Wildman–Crippen LogP) is 4.97. The van der Waals surface area contributed by atoms with Crippen molar-refractivity contribution in [3.63, 3.8) is 0 Å². The highest BCUT2D eigenvalue weighted by Crippen LogP contribution is 2.61. The lowest BCUT2D eigenvalue weighted by Gasteiger charge is -2.56. The van der Waals surface area contributed by atoms with Crippen LogP contribution in [-0.2, 0) is 11.3 Å². The summed E-state index contributed by atoms with van der Waals surface area (Å²) >= 11 is 7.56. The Morgan fingerprint density at radius 1 is 1.23 bits per heavy atom. The third kappa shape index (κ3) is 2.82. The van der Waals surface area contributed by atoms with Gasteiger partial charge in [-0.25, -0.2) is 0 Å². The van der Waals surface area contributed by atoms with Crippen LogP contribution in [-0.4, -0.2) is 17.9 Å². The van der Waals surface area contributed by atoms with E-state index in [1.165, 1.54) is 43.4 Å². The molecule has 4 aliphatic carbocycles. The van der Waals surface area contributed by atoms with E-state index >= 15 is 0 Å². The van der Waals surface area contributed by atoms with Crippen molar-refractivity contribution in [1.82, 2.24) is 4.90 Å². The van der Waals surface area contributed by atoms with Crippen LogP contribution in [0.15, 0.2) is 12.1 Å². The molecule has 0 spiro atoms.